The lowest BCUT2D eigenvalue weighted by atomic mass is 10.2. The van der Waals surface area contributed by atoms with Crippen LogP contribution in [0.15, 0.2) is 11.8 Å². The van der Waals surface area contributed by atoms with Crippen LogP contribution < -0.4 is 5.32 Å². The van der Waals surface area contributed by atoms with Crippen LogP contribution in [0.1, 0.15) is 59.3 Å². The molecule has 0 aromatic rings. The minimum absolute atomic E-state index is 0.182. The summed E-state index contributed by atoms with van der Waals surface area (Å²) >= 11 is 0. The number of ether oxygens (including phenoxy) is 1. The van der Waals surface area contributed by atoms with Gasteiger partial charge in [0.25, 0.3) is 5.91 Å². The maximum absolute atomic E-state index is 12.1. The molecule has 0 atom stereocenters. The van der Waals surface area contributed by atoms with E-state index in [0.717, 1.165) is 58.2 Å². The molecule has 1 N–H and O–H groups in total. The number of amides is 1. The van der Waals surface area contributed by atoms with Gasteiger partial charge in [0.05, 0.1) is 0 Å². The van der Waals surface area contributed by atoms with Crippen molar-refractivity contribution >= 4 is 5.91 Å². The molecule has 0 fully saturated rings. The first-order valence-electron chi connectivity index (χ1n) is 8.91. The van der Waals surface area contributed by atoms with E-state index in [1.54, 1.807) is 6.20 Å². The number of rotatable bonds is 14. The van der Waals surface area contributed by atoms with Crippen molar-refractivity contribution < 1.29 is 9.53 Å². The Labute approximate surface area is 141 Å². The summed E-state index contributed by atoms with van der Waals surface area (Å²) in [6, 6.07) is 2.01. The Morgan fingerprint density at radius 3 is 2.39 bits per heavy atom. The smallest absolute Gasteiger partial charge is 0.263 e. The third-order valence-corrected chi connectivity index (χ3v) is 3.38. The average molecular weight is 323 g/mol. The Hall–Kier alpha value is -1.54. The maximum atomic E-state index is 12.1. The second-order valence-electron chi connectivity index (χ2n) is 5.62. The third-order valence-electron chi connectivity index (χ3n) is 3.38. The normalized spacial score (nSPS) is 11.1. The second kappa shape index (κ2) is 15.4. The number of nitriles is 1. The Kier molecular flexibility index (Phi) is 14.3. The SMILES string of the molecule is CCCCOCCCNC(=O)/C(C#N)=C\N(CCC)CCCC. The van der Waals surface area contributed by atoms with Crippen molar-refractivity contribution in [1.29, 1.82) is 5.26 Å². The molecule has 0 radical (unpaired) electrons. The third kappa shape index (κ3) is 11.7. The minimum Gasteiger partial charge on any atom is -0.381 e. The zero-order valence-electron chi connectivity index (χ0n) is 15.1. The van der Waals surface area contributed by atoms with E-state index in [9.17, 15) is 10.1 Å². The molecule has 0 aliphatic heterocycles. The van der Waals surface area contributed by atoms with E-state index >= 15 is 0 Å². The van der Waals surface area contributed by atoms with Crippen LogP contribution in [0.5, 0.6) is 0 Å². The summed E-state index contributed by atoms with van der Waals surface area (Å²) in [6.07, 6.45) is 7.81. The fourth-order valence-electron chi connectivity index (χ4n) is 2.03. The highest BCUT2D eigenvalue weighted by atomic mass is 16.5. The number of hydrogen-bond acceptors (Lipinski definition) is 4. The van der Waals surface area contributed by atoms with E-state index < -0.39 is 0 Å². The molecule has 5 heteroatoms. The first-order chi connectivity index (χ1) is 11.2. The molecule has 0 aliphatic rings. The van der Waals surface area contributed by atoms with Gasteiger partial charge < -0.3 is 15.0 Å². The van der Waals surface area contributed by atoms with E-state index in [-0.39, 0.29) is 11.5 Å². The summed E-state index contributed by atoms with van der Waals surface area (Å²) in [5.41, 5.74) is 0.182. The van der Waals surface area contributed by atoms with E-state index in [2.05, 4.69) is 31.0 Å². The zero-order chi connectivity index (χ0) is 17.3. The molecule has 0 aromatic carbocycles. The van der Waals surface area contributed by atoms with Crippen molar-refractivity contribution in [1.82, 2.24) is 10.2 Å². The summed E-state index contributed by atoms with van der Waals surface area (Å²) in [7, 11) is 0. The Balaban J connectivity index is 4.22. The highest BCUT2D eigenvalue weighted by Crippen LogP contribution is 2.03. The molecule has 0 saturated heterocycles. The molecule has 0 aliphatic carbocycles. The van der Waals surface area contributed by atoms with Crippen molar-refractivity contribution in [2.75, 3.05) is 32.8 Å². The number of carbonyl (C=O) groups is 1. The van der Waals surface area contributed by atoms with Gasteiger partial charge in [0.15, 0.2) is 0 Å². The molecule has 132 valence electrons. The molecular weight excluding hydrogens is 290 g/mol. The van der Waals surface area contributed by atoms with E-state index in [0.29, 0.717) is 13.2 Å². The summed E-state index contributed by atoms with van der Waals surface area (Å²) < 4.78 is 5.44. The number of nitrogens with zero attached hydrogens (tertiary/aromatic N) is 2. The molecule has 0 bridgehead atoms. The monoisotopic (exact) mass is 323 g/mol. The molecule has 23 heavy (non-hydrogen) atoms. The van der Waals surface area contributed by atoms with Crippen molar-refractivity contribution in [2.24, 2.45) is 0 Å². The molecule has 0 unspecified atom stereocenters. The predicted molar refractivity (Wildman–Crippen MR) is 93.8 cm³/mol. The Bertz CT molecular complexity index is 375. The van der Waals surface area contributed by atoms with Gasteiger partial charge in [-0.05, 0) is 25.7 Å². The van der Waals surface area contributed by atoms with Crippen LogP contribution in [-0.2, 0) is 9.53 Å². The van der Waals surface area contributed by atoms with Crippen LogP contribution >= 0.6 is 0 Å². The van der Waals surface area contributed by atoms with Crippen LogP contribution in [0, 0.1) is 11.3 Å². The van der Waals surface area contributed by atoms with Crippen molar-refractivity contribution in [3.05, 3.63) is 11.8 Å². The predicted octanol–water partition coefficient (Wildman–Crippen LogP) is 3.23. The molecule has 5 nitrogen and oxygen atoms in total. The molecular formula is C18H33N3O2. The lowest BCUT2D eigenvalue weighted by molar-refractivity contribution is -0.117. The van der Waals surface area contributed by atoms with Gasteiger partial charge in [0, 0.05) is 39.0 Å². The van der Waals surface area contributed by atoms with Gasteiger partial charge >= 0.3 is 0 Å². The molecule has 0 aromatic heterocycles. The van der Waals surface area contributed by atoms with Gasteiger partial charge in [-0.3, -0.25) is 4.79 Å². The van der Waals surface area contributed by atoms with Crippen molar-refractivity contribution in [3.8, 4) is 6.07 Å². The number of unbranched alkanes of at least 4 members (excludes halogenated alkanes) is 2. The van der Waals surface area contributed by atoms with E-state index in [1.807, 2.05) is 6.07 Å². The second-order valence-corrected chi connectivity index (χ2v) is 5.62. The topological polar surface area (TPSA) is 65.4 Å². The van der Waals surface area contributed by atoms with Crippen LogP contribution in [0.3, 0.4) is 0 Å². The first-order valence-corrected chi connectivity index (χ1v) is 8.91. The number of hydrogen-bond donors (Lipinski definition) is 1. The Morgan fingerprint density at radius 2 is 1.78 bits per heavy atom. The fraction of sp³-hybridized carbons (Fsp3) is 0.778. The fourth-order valence-corrected chi connectivity index (χ4v) is 2.03. The van der Waals surface area contributed by atoms with Gasteiger partial charge in [-0.2, -0.15) is 5.26 Å². The Morgan fingerprint density at radius 1 is 1.09 bits per heavy atom. The van der Waals surface area contributed by atoms with Crippen LogP contribution in [-0.4, -0.2) is 43.7 Å². The molecule has 0 spiro atoms. The molecule has 0 rings (SSSR count). The highest BCUT2D eigenvalue weighted by Gasteiger charge is 2.10. The van der Waals surface area contributed by atoms with Gasteiger partial charge in [0.2, 0.25) is 0 Å². The quantitative estimate of drug-likeness (QED) is 0.303. The van der Waals surface area contributed by atoms with Crippen LogP contribution in [0.25, 0.3) is 0 Å². The molecule has 0 heterocycles. The number of nitrogens with one attached hydrogen (secondary N) is 1. The van der Waals surface area contributed by atoms with Gasteiger partial charge in [-0.1, -0.05) is 33.6 Å². The average Bonchev–Trinajstić information content (AvgIpc) is 2.56. The molecule has 1 amide bonds. The lowest BCUT2D eigenvalue weighted by Crippen LogP contribution is -2.28. The highest BCUT2D eigenvalue weighted by molar-refractivity contribution is 5.97. The van der Waals surface area contributed by atoms with Gasteiger partial charge in [0.1, 0.15) is 11.6 Å². The summed E-state index contributed by atoms with van der Waals surface area (Å²) in [5, 5.41) is 12.0. The summed E-state index contributed by atoms with van der Waals surface area (Å²) in [4.78, 5) is 14.1. The van der Waals surface area contributed by atoms with Crippen LogP contribution in [0.4, 0.5) is 0 Å². The van der Waals surface area contributed by atoms with Crippen molar-refractivity contribution in [3.63, 3.8) is 0 Å². The first kappa shape index (κ1) is 21.5. The van der Waals surface area contributed by atoms with Crippen molar-refractivity contribution in [2.45, 2.75) is 59.3 Å². The van der Waals surface area contributed by atoms with Gasteiger partial charge in [-0.25, -0.2) is 0 Å². The zero-order valence-corrected chi connectivity index (χ0v) is 15.1. The maximum Gasteiger partial charge on any atom is 0.263 e. The summed E-state index contributed by atoms with van der Waals surface area (Å²) in [6.45, 7) is 10.1. The molecule has 0 saturated carbocycles. The van der Waals surface area contributed by atoms with E-state index in [4.69, 9.17) is 4.74 Å². The minimum atomic E-state index is -0.293. The lowest BCUT2D eigenvalue weighted by Gasteiger charge is -2.19. The standard InChI is InChI=1S/C18H33N3O2/c1-4-7-12-21(11-6-3)16-17(15-19)18(22)20-10-9-14-23-13-8-5-2/h16H,4-14H2,1-3H3,(H,20,22)/b17-16-. The van der Waals surface area contributed by atoms with Crippen LogP contribution in [0.2, 0.25) is 0 Å². The van der Waals surface area contributed by atoms with Gasteiger partial charge in [-0.15, -0.1) is 0 Å². The van der Waals surface area contributed by atoms with E-state index in [1.165, 1.54) is 0 Å². The summed E-state index contributed by atoms with van der Waals surface area (Å²) in [5.74, 6) is -0.293. The number of carbonyl (C=O) groups excluding carboxylic acids is 1. The largest absolute Gasteiger partial charge is 0.381 e.